The van der Waals surface area contributed by atoms with E-state index in [1.54, 1.807) is 12.1 Å². The van der Waals surface area contributed by atoms with Gasteiger partial charge in [0.25, 0.3) is 0 Å². The minimum Gasteiger partial charge on any atom is -0.380 e. The van der Waals surface area contributed by atoms with Gasteiger partial charge >= 0.3 is 0 Å². The summed E-state index contributed by atoms with van der Waals surface area (Å²) in [4.78, 5) is 0. The molecule has 0 atom stereocenters. The van der Waals surface area contributed by atoms with E-state index in [4.69, 9.17) is 10.5 Å². The highest BCUT2D eigenvalue weighted by atomic mass is 19.1. The van der Waals surface area contributed by atoms with E-state index < -0.39 is 0 Å². The van der Waals surface area contributed by atoms with Crippen LogP contribution >= 0.6 is 0 Å². The molecule has 72 valence electrons. The third-order valence-corrected chi connectivity index (χ3v) is 1.74. The van der Waals surface area contributed by atoms with Crippen molar-refractivity contribution in [3.8, 4) is 0 Å². The van der Waals surface area contributed by atoms with Crippen molar-refractivity contribution in [2.24, 2.45) is 5.73 Å². The fourth-order valence-electron chi connectivity index (χ4n) is 1.07. The van der Waals surface area contributed by atoms with Gasteiger partial charge in [0.15, 0.2) is 0 Å². The molecule has 0 saturated carbocycles. The molecular formula is C10H14FNO. The van der Waals surface area contributed by atoms with Crippen LogP contribution in [0.3, 0.4) is 0 Å². The summed E-state index contributed by atoms with van der Waals surface area (Å²) in [6, 6.07) is 6.72. The number of benzene rings is 1. The van der Waals surface area contributed by atoms with Gasteiger partial charge < -0.3 is 10.5 Å². The number of hydrogen-bond donors (Lipinski definition) is 1. The van der Waals surface area contributed by atoms with Crippen molar-refractivity contribution in [3.05, 3.63) is 35.6 Å². The van der Waals surface area contributed by atoms with Crippen LogP contribution in [0.1, 0.15) is 5.56 Å². The Morgan fingerprint density at radius 3 is 2.69 bits per heavy atom. The highest BCUT2D eigenvalue weighted by molar-refractivity contribution is 5.17. The maximum atomic E-state index is 13.0. The lowest BCUT2D eigenvalue weighted by Crippen LogP contribution is -2.10. The van der Waals surface area contributed by atoms with Crippen molar-refractivity contribution in [1.82, 2.24) is 0 Å². The maximum Gasteiger partial charge on any atom is 0.126 e. The van der Waals surface area contributed by atoms with E-state index in [2.05, 4.69) is 0 Å². The summed E-state index contributed by atoms with van der Waals surface area (Å²) in [5.41, 5.74) is 5.93. The Kier molecular flexibility index (Phi) is 4.43. The Morgan fingerprint density at radius 1 is 1.23 bits per heavy atom. The molecule has 0 aliphatic heterocycles. The third-order valence-electron chi connectivity index (χ3n) is 1.74. The van der Waals surface area contributed by atoms with Gasteiger partial charge in [0.2, 0.25) is 0 Å². The second-order valence-corrected chi connectivity index (χ2v) is 2.74. The first-order valence-electron chi connectivity index (χ1n) is 4.36. The molecule has 0 radical (unpaired) electrons. The summed E-state index contributed by atoms with van der Waals surface area (Å²) in [6.45, 7) is 1.57. The molecule has 0 bridgehead atoms. The summed E-state index contributed by atoms with van der Waals surface area (Å²) in [5.74, 6) is -0.168. The summed E-state index contributed by atoms with van der Waals surface area (Å²) in [7, 11) is 0. The average molecular weight is 183 g/mol. The van der Waals surface area contributed by atoms with Gasteiger partial charge in [-0.15, -0.1) is 0 Å². The molecule has 0 unspecified atom stereocenters. The van der Waals surface area contributed by atoms with Gasteiger partial charge in [-0.1, -0.05) is 18.2 Å². The third kappa shape index (κ3) is 3.53. The van der Waals surface area contributed by atoms with Crippen molar-refractivity contribution in [2.75, 3.05) is 19.8 Å². The summed E-state index contributed by atoms with van der Waals surface area (Å²) >= 11 is 0. The molecule has 1 aromatic carbocycles. The van der Waals surface area contributed by atoms with E-state index >= 15 is 0 Å². The predicted molar refractivity (Wildman–Crippen MR) is 50.0 cm³/mol. The van der Waals surface area contributed by atoms with Crippen LogP contribution in [0.25, 0.3) is 0 Å². The highest BCUT2D eigenvalue weighted by Gasteiger charge is 1.99. The zero-order valence-corrected chi connectivity index (χ0v) is 7.50. The van der Waals surface area contributed by atoms with Gasteiger partial charge in [-0.25, -0.2) is 4.39 Å². The summed E-state index contributed by atoms with van der Waals surface area (Å²) in [6.07, 6.45) is 0.604. The Labute approximate surface area is 77.5 Å². The quantitative estimate of drug-likeness (QED) is 0.699. The van der Waals surface area contributed by atoms with E-state index in [-0.39, 0.29) is 5.82 Å². The van der Waals surface area contributed by atoms with Crippen LogP contribution in [0, 0.1) is 5.82 Å². The van der Waals surface area contributed by atoms with Gasteiger partial charge in [-0.3, -0.25) is 0 Å². The van der Waals surface area contributed by atoms with Crippen molar-refractivity contribution in [3.63, 3.8) is 0 Å². The second-order valence-electron chi connectivity index (χ2n) is 2.74. The Bertz CT molecular complexity index is 252. The molecule has 0 fully saturated rings. The summed E-state index contributed by atoms with van der Waals surface area (Å²) in [5, 5.41) is 0. The molecule has 0 aromatic heterocycles. The SMILES string of the molecule is NCCOCCc1ccccc1F. The Morgan fingerprint density at radius 2 is 2.00 bits per heavy atom. The van der Waals surface area contributed by atoms with Crippen molar-refractivity contribution >= 4 is 0 Å². The van der Waals surface area contributed by atoms with Gasteiger partial charge in [-0.2, -0.15) is 0 Å². The molecule has 1 rings (SSSR count). The molecule has 0 aliphatic rings. The minimum absolute atomic E-state index is 0.168. The zero-order valence-electron chi connectivity index (χ0n) is 7.50. The molecule has 0 aliphatic carbocycles. The molecular weight excluding hydrogens is 169 g/mol. The Hall–Kier alpha value is -0.930. The lowest BCUT2D eigenvalue weighted by molar-refractivity contribution is 0.144. The zero-order chi connectivity index (χ0) is 9.52. The fraction of sp³-hybridized carbons (Fsp3) is 0.400. The normalized spacial score (nSPS) is 10.3. The molecule has 0 spiro atoms. The minimum atomic E-state index is -0.168. The largest absolute Gasteiger partial charge is 0.380 e. The number of rotatable bonds is 5. The van der Waals surface area contributed by atoms with Crippen LogP contribution in [0.15, 0.2) is 24.3 Å². The lowest BCUT2D eigenvalue weighted by atomic mass is 10.1. The number of halogens is 1. The van der Waals surface area contributed by atoms with E-state index in [9.17, 15) is 4.39 Å². The number of hydrogen-bond acceptors (Lipinski definition) is 2. The fourth-order valence-corrected chi connectivity index (χ4v) is 1.07. The number of nitrogens with two attached hydrogens (primary N) is 1. The molecule has 2 nitrogen and oxygen atoms in total. The van der Waals surface area contributed by atoms with Crippen LogP contribution in [-0.4, -0.2) is 19.8 Å². The first-order chi connectivity index (χ1) is 6.34. The van der Waals surface area contributed by atoms with Crippen molar-refractivity contribution in [2.45, 2.75) is 6.42 Å². The van der Waals surface area contributed by atoms with Crippen molar-refractivity contribution < 1.29 is 9.13 Å². The van der Waals surface area contributed by atoms with Crippen LogP contribution < -0.4 is 5.73 Å². The average Bonchev–Trinajstić information content (AvgIpc) is 2.15. The molecule has 2 N–H and O–H groups in total. The maximum absolute atomic E-state index is 13.0. The first-order valence-corrected chi connectivity index (χ1v) is 4.36. The summed E-state index contributed by atoms with van der Waals surface area (Å²) < 4.78 is 18.2. The predicted octanol–water partition coefficient (Wildman–Crippen LogP) is 1.34. The second kappa shape index (κ2) is 5.67. The van der Waals surface area contributed by atoms with E-state index in [0.29, 0.717) is 31.7 Å². The first kappa shape index (κ1) is 10.2. The van der Waals surface area contributed by atoms with Crippen LogP contribution in [-0.2, 0) is 11.2 Å². The van der Waals surface area contributed by atoms with Crippen LogP contribution in [0.4, 0.5) is 4.39 Å². The van der Waals surface area contributed by atoms with Crippen LogP contribution in [0.5, 0.6) is 0 Å². The van der Waals surface area contributed by atoms with Gasteiger partial charge in [0, 0.05) is 6.54 Å². The van der Waals surface area contributed by atoms with Gasteiger partial charge in [0.1, 0.15) is 5.82 Å². The standard InChI is InChI=1S/C10H14FNO/c11-10-4-2-1-3-9(10)5-7-13-8-6-12/h1-4H,5-8,12H2. The number of ether oxygens (including phenoxy) is 1. The Balaban J connectivity index is 2.32. The van der Waals surface area contributed by atoms with Gasteiger partial charge in [0.05, 0.1) is 13.2 Å². The van der Waals surface area contributed by atoms with E-state index in [1.165, 1.54) is 6.07 Å². The van der Waals surface area contributed by atoms with E-state index in [1.807, 2.05) is 6.07 Å². The molecule has 1 aromatic rings. The monoisotopic (exact) mass is 183 g/mol. The molecule has 0 heterocycles. The molecule has 3 heteroatoms. The highest BCUT2D eigenvalue weighted by Crippen LogP contribution is 2.06. The smallest absolute Gasteiger partial charge is 0.126 e. The topological polar surface area (TPSA) is 35.2 Å². The van der Waals surface area contributed by atoms with E-state index in [0.717, 1.165) is 0 Å². The van der Waals surface area contributed by atoms with Gasteiger partial charge in [-0.05, 0) is 18.1 Å². The molecule has 0 amide bonds. The van der Waals surface area contributed by atoms with Crippen LogP contribution in [0.2, 0.25) is 0 Å². The molecule has 13 heavy (non-hydrogen) atoms. The van der Waals surface area contributed by atoms with Crippen molar-refractivity contribution in [1.29, 1.82) is 0 Å². The molecule has 0 saturated heterocycles. The lowest BCUT2D eigenvalue weighted by Gasteiger charge is -2.03.